The van der Waals surface area contributed by atoms with Crippen LogP contribution in [0.4, 0.5) is 11.4 Å². The maximum atomic E-state index is 10.1. The molecule has 1 aliphatic carbocycles. The second-order valence-corrected chi connectivity index (χ2v) is 7.26. The summed E-state index contributed by atoms with van der Waals surface area (Å²) in [7, 11) is 0. The van der Waals surface area contributed by atoms with Crippen molar-refractivity contribution in [3.05, 3.63) is 53.1 Å². The summed E-state index contributed by atoms with van der Waals surface area (Å²) in [5.41, 5.74) is 6.09. The van der Waals surface area contributed by atoms with Gasteiger partial charge >= 0.3 is 0 Å². The topological polar surface area (TPSA) is 32.3 Å². The minimum atomic E-state index is -0.0715. The Kier molecular flexibility index (Phi) is 3.86. The number of hydrogen-bond acceptors (Lipinski definition) is 2. The Hall–Kier alpha value is -1.96. The first-order chi connectivity index (χ1) is 10.4. The predicted molar refractivity (Wildman–Crippen MR) is 93.2 cm³/mol. The molecule has 22 heavy (non-hydrogen) atoms. The van der Waals surface area contributed by atoms with Crippen LogP contribution in [0.25, 0.3) is 0 Å². The summed E-state index contributed by atoms with van der Waals surface area (Å²) in [5, 5.41) is 13.7. The van der Waals surface area contributed by atoms with Crippen molar-refractivity contribution in [1.82, 2.24) is 0 Å². The smallest absolute Gasteiger partial charge is 0.119 e. The zero-order valence-electron chi connectivity index (χ0n) is 13.7. The van der Waals surface area contributed by atoms with E-state index in [1.165, 1.54) is 36.1 Å². The lowest BCUT2D eigenvalue weighted by Crippen LogP contribution is -2.12. The van der Waals surface area contributed by atoms with Crippen LogP contribution < -0.4 is 5.32 Å². The normalized spacial score (nSPS) is 14.5. The minimum Gasteiger partial charge on any atom is -0.508 e. The van der Waals surface area contributed by atoms with Gasteiger partial charge in [-0.3, -0.25) is 0 Å². The summed E-state index contributed by atoms with van der Waals surface area (Å²) in [4.78, 5) is 0. The van der Waals surface area contributed by atoms with Crippen LogP contribution in [0.3, 0.4) is 0 Å². The first-order valence-electron chi connectivity index (χ1n) is 8.16. The highest BCUT2D eigenvalue weighted by Gasteiger charge is 2.19. The largest absolute Gasteiger partial charge is 0.508 e. The predicted octanol–water partition coefficient (Wildman–Crippen LogP) is 5.31. The van der Waals surface area contributed by atoms with Crippen molar-refractivity contribution in [3.8, 4) is 5.75 Å². The monoisotopic (exact) mass is 295 g/mol. The highest BCUT2D eigenvalue weighted by molar-refractivity contribution is 5.67. The molecule has 2 aromatic carbocycles. The lowest BCUT2D eigenvalue weighted by Gasteiger charge is -2.23. The van der Waals surface area contributed by atoms with Crippen molar-refractivity contribution in [3.63, 3.8) is 0 Å². The number of rotatable bonds is 2. The SMILES string of the molecule is CC(C)(C)c1cc(Nc2cccc3c2CCCC3)ccc1O. The Balaban J connectivity index is 1.94. The van der Waals surface area contributed by atoms with Crippen molar-refractivity contribution in [1.29, 1.82) is 0 Å². The lowest BCUT2D eigenvalue weighted by molar-refractivity contribution is 0.447. The molecule has 0 atom stereocenters. The summed E-state index contributed by atoms with van der Waals surface area (Å²) < 4.78 is 0. The third-order valence-corrected chi connectivity index (χ3v) is 4.48. The summed E-state index contributed by atoms with van der Waals surface area (Å²) in [6.45, 7) is 6.36. The molecule has 0 saturated heterocycles. The van der Waals surface area contributed by atoms with Crippen LogP contribution >= 0.6 is 0 Å². The molecular weight excluding hydrogens is 270 g/mol. The Labute approximate surface area is 133 Å². The third kappa shape index (κ3) is 2.96. The zero-order valence-corrected chi connectivity index (χ0v) is 13.7. The van der Waals surface area contributed by atoms with Crippen molar-refractivity contribution < 1.29 is 5.11 Å². The summed E-state index contributed by atoms with van der Waals surface area (Å²) in [5.74, 6) is 0.369. The number of phenolic OH excluding ortho intramolecular Hbond substituents is 1. The van der Waals surface area contributed by atoms with E-state index in [0.717, 1.165) is 17.7 Å². The first-order valence-corrected chi connectivity index (χ1v) is 8.16. The van der Waals surface area contributed by atoms with Gasteiger partial charge in [0.2, 0.25) is 0 Å². The fourth-order valence-corrected chi connectivity index (χ4v) is 3.27. The molecule has 0 aromatic heterocycles. The van der Waals surface area contributed by atoms with Gasteiger partial charge in [-0.05, 0) is 66.5 Å². The number of nitrogens with one attached hydrogen (secondary N) is 1. The van der Waals surface area contributed by atoms with E-state index in [2.05, 4.69) is 50.4 Å². The molecule has 2 aromatic rings. The molecule has 0 unspecified atom stereocenters. The number of aryl methyl sites for hydroxylation is 1. The Morgan fingerprint density at radius 3 is 2.55 bits per heavy atom. The maximum absolute atomic E-state index is 10.1. The second kappa shape index (κ2) is 5.68. The number of fused-ring (bicyclic) bond motifs is 1. The number of hydrogen-bond donors (Lipinski definition) is 2. The van der Waals surface area contributed by atoms with Crippen LogP contribution in [0.5, 0.6) is 5.75 Å². The van der Waals surface area contributed by atoms with Crippen LogP contribution in [0.15, 0.2) is 36.4 Å². The number of aromatic hydroxyl groups is 1. The maximum Gasteiger partial charge on any atom is 0.119 e. The third-order valence-electron chi connectivity index (χ3n) is 4.48. The summed E-state index contributed by atoms with van der Waals surface area (Å²) in [6.07, 6.45) is 4.91. The van der Waals surface area contributed by atoms with Gasteiger partial charge in [0.25, 0.3) is 0 Å². The molecule has 0 aliphatic heterocycles. The fourth-order valence-electron chi connectivity index (χ4n) is 3.27. The molecular formula is C20H25NO. The van der Waals surface area contributed by atoms with E-state index in [1.54, 1.807) is 6.07 Å². The summed E-state index contributed by atoms with van der Waals surface area (Å²) >= 11 is 0. The molecule has 0 spiro atoms. The van der Waals surface area contributed by atoms with Gasteiger partial charge in [0.1, 0.15) is 5.75 Å². The van der Waals surface area contributed by atoms with Crippen LogP contribution in [-0.2, 0) is 18.3 Å². The van der Waals surface area contributed by atoms with E-state index < -0.39 is 0 Å². The molecule has 0 amide bonds. The highest BCUT2D eigenvalue weighted by Crippen LogP contribution is 2.35. The second-order valence-electron chi connectivity index (χ2n) is 7.26. The average molecular weight is 295 g/mol. The van der Waals surface area contributed by atoms with Crippen molar-refractivity contribution in [2.24, 2.45) is 0 Å². The van der Waals surface area contributed by atoms with Crippen LogP contribution in [0, 0.1) is 0 Å². The summed E-state index contributed by atoms with van der Waals surface area (Å²) in [6, 6.07) is 12.4. The Morgan fingerprint density at radius 1 is 1.00 bits per heavy atom. The van der Waals surface area contributed by atoms with Crippen LogP contribution in [0.2, 0.25) is 0 Å². The molecule has 1 aliphatic rings. The van der Waals surface area contributed by atoms with Gasteiger partial charge in [-0.15, -0.1) is 0 Å². The molecule has 2 heteroatoms. The van der Waals surface area contributed by atoms with Gasteiger partial charge in [0, 0.05) is 16.9 Å². The van der Waals surface area contributed by atoms with Gasteiger partial charge < -0.3 is 10.4 Å². The van der Waals surface area contributed by atoms with Crippen LogP contribution in [0.1, 0.15) is 50.3 Å². The van der Waals surface area contributed by atoms with E-state index >= 15 is 0 Å². The van der Waals surface area contributed by atoms with Crippen molar-refractivity contribution in [2.75, 3.05) is 5.32 Å². The minimum absolute atomic E-state index is 0.0715. The van der Waals surface area contributed by atoms with Gasteiger partial charge in [-0.25, -0.2) is 0 Å². The number of phenols is 1. The average Bonchev–Trinajstić information content (AvgIpc) is 2.48. The quantitative estimate of drug-likeness (QED) is 0.736. The number of benzene rings is 2. The highest BCUT2D eigenvalue weighted by atomic mass is 16.3. The number of anilines is 2. The molecule has 3 rings (SSSR count). The van der Waals surface area contributed by atoms with E-state index in [9.17, 15) is 5.11 Å². The van der Waals surface area contributed by atoms with E-state index in [4.69, 9.17) is 0 Å². The van der Waals surface area contributed by atoms with Crippen LogP contribution in [-0.4, -0.2) is 5.11 Å². The molecule has 2 nitrogen and oxygen atoms in total. The van der Waals surface area contributed by atoms with Crippen molar-refractivity contribution >= 4 is 11.4 Å². The van der Waals surface area contributed by atoms with Gasteiger partial charge in [-0.1, -0.05) is 32.9 Å². The molecule has 0 heterocycles. The van der Waals surface area contributed by atoms with E-state index in [1.807, 2.05) is 6.07 Å². The molecule has 0 radical (unpaired) electrons. The standard InChI is InChI=1S/C20H25NO/c1-20(2,3)17-13-15(11-12-19(17)22)21-18-10-6-8-14-7-4-5-9-16(14)18/h6,8,10-13,21-22H,4-5,7,9H2,1-3H3. The zero-order chi connectivity index (χ0) is 15.7. The van der Waals surface area contributed by atoms with Gasteiger partial charge in [-0.2, -0.15) is 0 Å². The molecule has 0 bridgehead atoms. The van der Waals surface area contributed by atoms with Gasteiger partial charge in [0.05, 0.1) is 0 Å². The molecule has 0 saturated carbocycles. The lowest BCUT2D eigenvalue weighted by atomic mass is 9.86. The van der Waals surface area contributed by atoms with Crippen molar-refractivity contribution in [2.45, 2.75) is 51.9 Å². The van der Waals surface area contributed by atoms with Gasteiger partial charge in [0.15, 0.2) is 0 Å². The van der Waals surface area contributed by atoms with E-state index in [0.29, 0.717) is 5.75 Å². The van der Waals surface area contributed by atoms with E-state index in [-0.39, 0.29) is 5.41 Å². The first kappa shape index (κ1) is 15.0. The molecule has 0 fully saturated rings. The Morgan fingerprint density at radius 2 is 1.77 bits per heavy atom. The molecule has 2 N–H and O–H groups in total. The Bertz CT molecular complexity index is 683. The molecule has 116 valence electrons. The fraction of sp³-hybridized carbons (Fsp3) is 0.400.